The Hall–Kier alpha value is -1.56. The Labute approximate surface area is 102 Å². The van der Waals surface area contributed by atoms with Crippen molar-refractivity contribution in [2.45, 2.75) is 38.6 Å². The lowest BCUT2D eigenvalue weighted by Gasteiger charge is -2.25. The summed E-state index contributed by atoms with van der Waals surface area (Å²) in [5.41, 5.74) is 1.04. The predicted octanol–water partition coefficient (Wildman–Crippen LogP) is 3.47. The van der Waals surface area contributed by atoms with Crippen LogP contribution in [-0.4, -0.2) is 12.6 Å². The average molecular weight is 232 g/mol. The van der Waals surface area contributed by atoms with E-state index in [4.69, 9.17) is 5.26 Å². The van der Waals surface area contributed by atoms with Crippen LogP contribution in [0.15, 0.2) is 18.2 Å². The molecular formula is C14H17FN2. The van der Waals surface area contributed by atoms with Crippen LogP contribution in [-0.2, 0) is 0 Å². The molecule has 0 amide bonds. The van der Waals surface area contributed by atoms with Crippen molar-refractivity contribution >= 4 is 5.69 Å². The van der Waals surface area contributed by atoms with Gasteiger partial charge in [-0.05, 0) is 37.5 Å². The van der Waals surface area contributed by atoms with Gasteiger partial charge in [0.05, 0.1) is 17.3 Å². The molecule has 0 saturated heterocycles. The average Bonchev–Trinajstić information content (AvgIpc) is 3.15. The molecule has 0 aromatic heterocycles. The Morgan fingerprint density at radius 1 is 1.47 bits per heavy atom. The number of nitrogens with zero attached hydrogens (tertiary/aromatic N) is 2. The molecule has 1 aromatic carbocycles. The third-order valence-electron chi connectivity index (χ3n) is 3.13. The first kappa shape index (κ1) is 11.9. The summed E-state index contributed by atoms with van der Waals surface area (Å²) in [6.45, 7) is 3.05. The standard InChI is InChI=1S/C14H17FN2/c1-2-3-8-17(12-5-6-12)14-7-4-11(10-16)9-13(14)15/h4,7,9,12H,2-3,5-6,8H2,1H3. The lowest BCUT2D eigenvalue weighted by Crippen LogP contribution is -2.27. The quantitative estimate of drug-likeness (QED) is 0.777. The highest BCUT2D eigenvalue weighted by molar-refractivity contribution is 5.52. The molecule has 0 aliphatic heterocycles. The molecule has 1 fully saturated rings. The van der Waals surface area contributed by atoms with Gasteiger partial charge in [-0.2, -0.15) is 5.26 Å². The molecule has 2 rings (SSSR count). The highest BCUT2D eigenvalue weighted by atomic mass is 19.1. The van der Waals surface area contributed by atoms with E-state index in [2.05, 4.69) is 11.8 Å². The van der Waals surface area contributed by atoms with Crippen LogP contribution in [0.1, 0.15) is 38.2 Å². The smallest absolute Gasteiger partial charge is 0.147 e. The van der Waals surface area contributed by atoms with Crippen molar-refractivity contribution < 1.29 is 4.39 Å². The molecule has 0 atom stereocenters. The number of benzene rings is 1. The Balaban J connectivity index is 2.20. The third-order valence-corrected chi connectivity index (χ3v) is 3.13. The summed E-state index contributed by atoms with van der Waals surface area (Å²) in [5.74, 6) is -0.271. The molecule has 1 aliphatic carbocycles. The largest absolute Gasteiger partial charge is 0.366 e. The van der Waals surface area contributed by atoms with E-state index in [-0.39, 0.29) is 5.82 Å². The van der Waals surface area contributed by atoms with Crippen LogP contribution in [0.4, 0.5) is 10.1 Å². The third kappa shape index (κ3) is 2.76. The summed E-state index contributed by atoms with van der Waals surface area (Å²) in [4.78, 5) is 2.15. The van der Waals surface area contributed by atoms with Gasteiger partial charge in [-0.3, -0.25) is 0 Å². The van der Waals surface area contributed by atoms with Gasteiger partial charge in [0.25, 0.3) is 0 Å². The molecular weight excluding hydrogens is 215 g/mol. The second-order valence-electron chi connectivity index (χ2n) is 4.56. The van der Waals surface area contributed by atoms with Gasteiger partial charge in [0.15, 0.2) is 0 Å². The van der Waals surface area contributed by atoms with Crippen molar-refractivity contribution in [2.24, 2.45) is 0 Å². The van der Waals surface area contributed by atoms with Crippen LogP contribution in [0.5, 0.6) is 0 Å². The Bertz CT molecular complexity index is 432. The van der Waals surface area contributed by atoms with Crippen molar-refractivity contribution in [1.82, 2.24) is 0 Å². The molecule has 0 radical (unpaired) electrons. The number of hydrogen-bond donors (Lipinski definition) is 0. The summed E-state index contributed by atoms with van der Waals surface area (Å²) >= 11 is 0. The minimum atomic E-state index is -0.271. The van der Waals surface area contributed by atoms with E-state index in [1.165, 1.54) is 6.07 Å². The first-order valence-electron chi connectivity index (χ1n) is 6.22. The van der Waals surface area contributed by atoms with Gasteiger partial charge in [0.2, 0.25) is 0 Å². The maximum absolute atomic E-state index is 13.9. The summed E-state index contributed by atoms with van der Waals surface area (Å²) < 4.78 is 13.9. The zero-order chi connectivity index (χ0) is 12.3. The number of unbranched alkanes of at least 4 members (excludes halogenated alkanes) is 1. The van der Waals surface area contributed by atoms with Crippen LogP contribution < -0.4 is 4.90 Å². The zero-order valence-corrected chi connectivity index (χ0v) is 10.1. The van der Waals surface area contributed by atoms with E-state index < -0.39 is 0 Å². The number of nitriles is 1. The topological polar surface area (TPSA) is 27.0 Å². The first-order valence-corrected chi connectivity index (χ1v) is 6.22. The molecule has 0 N–H and O–H groups in total. The second kappa shape index (κ2) is 5.18. The normalized spacial score (nSPS) is 14.4. The van der Waals surface area contributed by atoms with Crippen molar-refractivity contribution in [2.75, 3.05) is 11.4 Å². The number of hydrogen-bond acceptors (Lipinski definition) is 2. The Morgan fingerprint density at radius 2 is 2.24 bits per heavy atom. The fourth-order valence-electron chi connectivity index (χ4n) is 2.02. The fourth-order valence-corrected chi connectivity index (χ4v) is 2.02. The van der Waals surface area contributed by atoms with Crippen molar-refractivity contribution in [1.29, 1.82) is 5.26 Å². The molecule has 2 nitrogen and oxygen atoms in total. The Kier molecular flexibility index (Phi) is 3.63. The molecule has 17 heavy (non-hydrogen) atoms. The van der Waals surface area contributed by atoms with Crippen molar-refractivity contribution in [3.8, 4) is 6.07 Å². The molecule has 90 valence electrons. The number of rotatable bonds is 5. The van der Waals surface area contributed by atoms with Gasteiger partial charge in [-0.25, -0.2) is 4.39 Å². The monoisotopic (exact) mass is 232 g/mol. The molecule has 0 heterocycles. The summed E-state index contributed by atoms with van der Waals surface area (Å²) in [6, 6.07) is 7.23. The van der Waals surface area contributed by atoms with E-state index in [9.17, 15) is 4.39 Å². The van der Waals surface area contributed by atoms with E-state index in [0.29, 0.717) is 17.3 Å². The number of halogens is 1. The maximum atomic E-state index is 13.9. The molecule has 1 saturated carbocycles. The van der Waals surface area contributed by atoms with Gasteiger partial charge in [-0.15, -0.1) is 0 Å². The van der Waals surface area contributed by atoms with Crippen LogP contribution in [0.2, 0.25) is 0 Å². The molecule has 0 bridgehead atoms. The fraction of sp³-hybridized carbons (Fsp3) is 0.500. The summed E-state index contributed by atoms with van der Waals surface area (Å²) in [5, 5.41) is 8.72. The van der Waals surface area contributed by atoms with Crippen LogP contribution >= 0.6 is 0 Å². The minimum Gasteiger partial charge on any atom is -0.366 e. The van der Waals surface area contributed by atoms with Gasteiger partial charge in [-0.1, -0.05) is 13.3 Å². The summed E-state index contributed by atoms with van der Waals surface area (Å²) in [7, 11) is 0. The van der Waals surface area contributed by atoms with Gasteiger partial charge in [0.1, 0.15) is 5.82 Å². The van der Waals surface area contributed by atoms with Crippen molar-refractivity contribution in [3.05, 3.63) is 29.6 Å². The van der Waals surface area contributed by atoms with Gasteiger partial charge in [0, 0.05) is 12.6 Å². The van der Waals surface area contributed by atoms with Crippen LogP contribution in [0, 0.1) is 17.1 Å². The van der Waals surface area contributed by atoms with E-state index in [0.717, 1.165) is 32.2 Å². The molecule has 1 aromatic rings. The van der Waals surface area contributed by atoms with E-state index >= 15 is 0 Å². The lowest BCUT2D eigenvalue weighted by atomic mass is 10.2. The predicted molar refractivity (Wildman–Crippen MR) is 66.4 cm³/mol. The second-order valence-corrected chi connectivity index (χ2v) is 4.56. The van der Waals surface area contributed by atoms with E-state index in [1.54, 1.807) is 12.1 Å². The number of anilines is 1. The molecule has 0 unspecified atom stereocenters. The lowest BCUT2D eigenvalue weighted by molar-refractivity contribution is 0.609. The van der Waals surface area contributed by atoms with Crippen LogP contribution in [0.25, 0.3) is 0 Å². The zero-order valence-electron chi connectivity index (χ0n) is 10.1. The minimum absolute atomic E-state index is 0.271. The highest BCUT2D eigenvalue weighted by Crippen LogP contribution is 2.33. The van der Waals surface area contributed by atoms with Gasteiger partial charge < -0.3 is 4.90 Å². The first-order chi connectivity index (χ1) is 8.26. The van der Waals surface area contributed by atoms with Crippen LogP contribution in [0.3, 0.4) is 0 Å². The molecule has 3 heteroatoms. The SMILES string of the molecule is CCCCN(c1ccc(C#N)cc1F)C1CC1. The van der Waals surface area contributed by atoms with Crippen molar-refractivity contribution in [3.63, 3.8) is 0 Å². The summed E-state index contributed by atoms with van der Waals surface area (Å²) in [6.07, 6.45) is 4.50. The molecule has 1 aliphatic rings. The highest BCUT2D eigenvalue weighted by Gasteiger charge is 2.30. The van der Waals surface area contributed by atoms with Gasteiger partial charge >= 0.3 is 0 Å². The maximum Gasteiger partial charge on any atom is 0.147 e. The Morgan fingerprint density at radius 3 is 2.76 bits per heavy atom. The van der Waals surface area contributed by atoms with E-state index in [1.807, 2.05) is 6.07 Å². The molecule has 0 spiro atoms.